The molecular formula is C21H23N3O3. The molecule has 0 bridgehead atoms. The Morgan fingerprint density at radius 2 is 2.00 bits per heavy atom. The van der Waals surface area contributed by atoms with E-state index in [2.05, 4.69) is 28.8 Å². The first kappa shape index (κ1) is 19.9. The molecule has 2 atom stereocenters. The molecule has 3 N–H and O–H groups in total. The van der Waals surface area contributed by atoms with Crippen LogP contribution in [0.15, 0.2) is 68.0 Å². The molecule has 0 radical (unpaired) electrons. The molecule has 1 heterocycles. The molecule has 1 unspecified atom stereocenters. The van der Waals surface area contributed by atoms with Gasteiger partial charge in [0.1, 0.15) is 0 Å². The van der Waals surface area contributed by atoms with Crippen molar-refractivity contribution in [3.05, 3.63) is 73.6 Å². The lowest BCUT2D eigenvalue weighted by molar-refractivity contribution is -0.118. The minimum Gasteiger partial charge on any atom is -0.465 e. The van der Waals surface area contributed by atoms with E-state index in [-0.39, 0.29) is 11.8 Å². The Kier molecular flexibility index (Phi) is 6.88. The van der Waals surface area contributed by atoms with E-state index in [1.54, 1.807) is 31.5 Å². The van der Waals surface area contributed by atoms with Gasteiger partial charge in [0.25, 0.3) is 0 Å². The summed E-state index contributed by atoms with van der Waals surface area (Å²) < 4.78 is 0. The van der Waals surface area contributed by atoms with E-state index in [1.165, 1.54) is 0 Å². The summed E-state index contributed by atoms with van der Waals surface area (Å²) >= 11 is 0. The second kappa shape index (κ2) is 9.33. The standard InChI is InChI=1S/C21H23N3O3/c1-4-8-18(24-21(26)27)16-11-15(12-22-13-16)17-9-6-7-10-19(17)23-20(25)14(3)5-2/h4-7,9-14,18,24H,1-2,8H2,3H3,(H,23,25)(H,26,27)/t14?,18-/m0/s1. The lowest BCUT2D eigenvalue weighted by Crippen LogP contribution is -2.26. The van der Waals surface area contributed by atoms with Crippen LogP contribution >= 0.6 is 0 Å². The SMILES string of the molecule is C=CC[C@H](NC(=O)O)c1cncc(-c2ccccc2NC(=O)C(C)C=C)c1. The first-order valence-corrected chi connectivity index (χ1v) is 8.54. The summed E-state index contributed by atoms with van der Waals surface area (Å²) in [5.74, 6) is -0.474. The summed E-state index contributed by atoms with van der Waals surface area (Å²) in [6, 6.07) is 8.80. The number of benzene rings is 1. The minimum atomic E-state index is -1.11. The summed E-state index contributed by atoms with van der Waals surface area (Å²) in [4.78, 5) is 27.5. The van der Waals surface area contributed by atoms with E-state index < -0.39 is 12.1 Å². The zero-order chi connectivity index (χ0) is 19.8. The van der Waals surface area contributed by atoms with Crippen molar-refractivity contribution in [3.63, 3.8) is 0 Å². The molecule has 2 rings (SSSR count). The number of carboxylic acid groups (broad SMARTS) is 1. The van der Waals surface area contributed by atoms with Crippen LogP contribution in [0.2, 0.25) is 0 Å². The van der Waals surface area contributed by atoms with Gasteiger partial charge < -0.3 is 15.7 Å². The number of aromatic nitrogens is 1. The van der Waals surface area contributed by atoms with Gasteiger partial charge in [0.2, 0.25) is 5.91 Å². The summed E-state index contributed by atoms with van der Waals surface area (Å²) in [6.45, 7) is 9.09. The maximum Gasteiger partial charge on any atom is 0.405 e. The van der Waals surface area contributed by atoms with Crippen LogP contribution in [0.25, 0.3) is 11.1 Å². The minimum absolute atomic E-state index is 0.154. The van der Waals surface area contributed by atoms with Crippen molar-refractivity contribution < 1.29 is 14.7 Å². The topological polar surface area (TPSA) is 91.3 Å². The third kappa shape index (κ3) is 5.28. The molecule has 2 aromatic rings. The quantitative estimate of drug-likeness (QED) is 0.605. The number of rotatable bonds is 8. The fourth-order valence-corrected chi connectivity index (χ4v) is 2.59. The number of amides is 2. The number of para-hydroxylation sites is 1. The molecule has 1 aromatic carbocycles. The number of carbonyl (C=O) groups excluding carboxylic acids is 1. The second-order valence-corrected chi connectivity index (χ2v) is 6.09. The zero-order valence-electron chi connectivity index (χ0n) is 15.2. The molecule has 0 aliphatic rings. The Morgan fingerprint density at radius 1 is 1.26 bits per heavy atom. The van der Waals surface area contributed by atoms with Crippen molar-refractivity contribution >= 4 is 17.7 Å². The Labute approximate surface area is 158 Å². The van der Waals surface area contributed by atoms with Crippen molar-refractivity contribution in [2.24, 2.45) is 5.92 Å². The largest absolute Gasteiger partial charge is 0.465 e. The van der Waals surface area contributed by atoms with Crippen molar-refractivity contribution in [2.45, 2.75) is 19.4 Å². The van der Waals surface area contributed by atoms with Gasteiger partial charge in [0.15, 0.2) is 0 Å². The van der Waals surface area contributed by atoms with Crippen molar-refractivity contribution in [3.8, 4) is 11.1 Å². The van der Waals surface area contributed by atoms with Crippen LogP contribution in [0.4, 0.5) is 10.5 Å². The smallest absolute Gasteiger partial charge is 0.405 e. The van der Waals surface area contributed by atoms with Gasteiger partial charge in [-0.3, -0.25) is 9.78 Å². The number of hydrogen-bond acceptors (Lipinski definition) is 3. The summed E-state index contributed by atoms with van der Waals surface area (Å²) in [6.07, 6.45) is 5.85. The van der Waals surface area contributed by atoms with E-state index in [9.17, 15) is 9.59 Å². The van der Waals surface area contributed by atoms with E-state index in [4.69, 9.17) is 5.11 Å². The van der Waals surface area contributed by atoms with Gasteiger partial charge in [-0.1, -0.05) is 37.3 Å². The first-order chi connectivity index (χ1) is 13.0. The molecule has 2 amide bonds. The number of carbonyl (C=O) groups is 2. The van der Waals surface area contributed by atoms with Crippen LogP contribution < -0.4 is 10.6 Å². The highest BCUT2D eigenvalue weighted by Gasteiger charge is 2.16. The van der Waals surface area contributed by atoms with Crippen LogP contribution in [-0.4, -0.2) is 22.1 Å². The molecule has 6 nitrogen and oxygen atoms in total. The van der Waals surface area contributed by atoms with Gasteiger partial charge in [-0.05, 0) is 24.1 Å². The van der Waals surface area contributed by atoms with Gasteiger partial charge in [-0.15, -0.1) is 13.2 Å². The molecule has 140 valence electrons. The van der Waals surface area contributed by atoms with Crippen molar-refractivity contribution in [2.75, 3.05) is 5.32 Å². The summed E-state index contributed by atoms with van der Waals surface area (Å²) in [7, 11) is 0. The van der Waals surface area contributed by atoms with E-state index in [0.29, 0.717) is 12.1 Å². The van der Waals surface area contributed by atoms with Gasteiger partial charge in [0.05, 0.1) is 12.0 Å². The van der Waals surface area contributed by atoms with E-state index >= 15 is 0 Å². The van der Waals surface area contributed by atoms with E-state index in [1.807, 2.05) is 30.3 Å². The van der Waals surface area contributed by atoms with Gasteiger partial charge >= 0.3 is 6.09 Å². The lowest BCUT2D eigenvalue weighted by Gasteiger charge is -2.17. The van der Waals surface area contributed by atoms with Crippen LogP contribution in [0, 0.1) is 5.92 Å². The third-order valence-corrected chi connectivity index (χ3v) is 4.12. The van der Waals surface area contributed by atoms with Crippen LogP contribution in [0.3, 0.4) is 0 Å². The predicted octanol–water partition coefficient (Wildman–Crippen LogP) is 4.39. The zero-order valence-corrected chi connectivity index (χ0v) is 15.2. The van der Waals surface area contributed by atoms with Gasteiger partial charge in [0, 0.05) is 29.2 Å². The highest BCUT2D eigenvalue weighted by molar-refractivity contribution is 5.97. The molecule has 27 heavy (non-hydrogen) atoms. The number of pyridine rings is 1. The fourth-order valence-electron chi connectivity index (χ4n) is 2.59. The van der Waals surface area contributed by atoms with Crippen LogP contribution in [0.5, 0.6) is 0 Å². The Balaban J connectivity index is 2.39. The molecule has 0 aliphatic carbocycles. The Morgan fingerprint density at radius 3 is 2.67 bits per heavy atom. The Bertz CT molecular complexity index is 848. The van der Waals surface area contributed by atoms with Crippen LogP contribution in [0.1, 0.15) is 24.9 Å². The molecule has 0 fully saturated rings. The molecule has 0 saturated carbocycles. The average Bonchev–Trinajstić information content (AvgIpc) is 2.67. The van der Waals surface area contributed by atoms with Gasteiger partial charge in [-0.25, -0.2) is 4.79 Å². The lowest BCUT2D eigenvalue weighted by atomic mass is 9.99. The number of nitrogens with zero attached hydrogens (tertiary/aromatic N) is 1. The monoisotopic (exact) mass is 365 g/mol. The number of nitrogens with one attached hydrogen (secondary N) is 2. The molecular weight excluding hydrogens is 342 g/mol. The van der Waals surface area contributed by atoms with Crippen LogP contribution in [-0.2, 0) is 4.79 Å². The van der Waals surface area contributed by atoms with Crippen molar-refractivity contribution in [1.82, 2.24) is 10.3 Å². The molecule has 0 aliphatic heterocycles. The van der Waals surface area contributed by atoms with Gasteiger partial charge in [-0.2, -0.15) is 0 Å². The predicted molar refractivity (Wildman–Crippen MR) is 106 cm³/mol. The fraction of sp³-hybridized carbons (Fsp3) is 0.190. The highest BCUT2D eigenvalue weighted by atomic mass is 16.4. The second-order valence-electron chi connectivity index (χ2n) is 6.09. The maximum atomic E-state index is 12.2. The number of anilines is 1. The Hall–Kier alpha value is -3.41. The third-order valence-electron chi connectivity index (χ3n) is 4.12. The normalized spacial score (nSPS) is 12.5. The highest BCUT2D eigenvalue weighted by Crippen LogP contribution is 2.30. The molecule has 0 saturated heterocycles. The molecule has 6 heteroatoms. The summed E-state index contributed by atoms with van der Waals surface area (Å²) in [5.41, 5.74) is 2.94. The number of hydrogen-bond donors (Lipinski definition) is 3. The van der Waals surface area contributed by atoms with E-state index in [0.717, 1.165) is 16.7 Å². The van der Waals surface area contributed by atoms with Crippen molar-refractivity contribution in [1.29, 1.82) is 0 Å². The molecule has 0 spiro atoms. The first-order valence-electron chi connectivity index (χ1n) is 8.54. The average molecular weight is 365 g/mol. The maximum absolute atomic E-state index is 12.2. The molecule has 1 aromatic heterocycles. The summed E-state index contributed by atoms with van der Waals surface area (Å²) in [5, 5.41) is 14.4.